The monoisotopic (exact) mass is 447 g/mol. The topological polar surface area (TPSA) is 12.0 Å². The third-order valence-electron chi connectivity index (χ3n) is 7.70. The lowest BCUT2D eigenvalue weighted by Gasteiger charge is -2.28. The molecule has 0 bridgehead atoms. The Hall–Kier alpha value is -4.36. The first kappa shape index (κ1) is 20.1. The highest BCUT2D eigenvalue weighted by Gasteiger charge is 2.40. The van der Waals surface area contributed by atoms with Gasteiger partial charge in [0.05, 0.1) is 0 Å². The Morgan fingerprint density at radius 1 is 0.486 bits per heavy atom. The first-order valence-electron chi connectivity index (χ1n) is 12.2. The van der Waals surface area contributed by atoms with E-state index in [-0.39, 0.29) is 5.41 Å². The van der Waals surface area contributed by atoms with Gasteiger partial charge < -0.3 is 5.32 Å². The van der Waals surface area contributed by atoms with Gasteiger partial charge in [-0.05, 0) is 80.6 Å². The fourth-order valence-corrected chi connectivity index (χ4v) is 5.90. The molecule has 1 atom stereocenters. The maximum absolute atomic E-state index is 3.71. The lowest BCUT2D eigenvalue weighted by molar-refractivity contribution is 0.714. The zero-order valence-corrected chi connectivity index (χ0v) is 19.6. The molecule has 1 aliphatic carbocycles. The molecule has 1 aliphatic rings. The molecule has 6 aromatic carbocycles. The minimum Gasteiger partial charge on any atom is -0.355 e. The van der Waals surface area contributed by atoms with Crippen LogP contribution in [0.2, 0.25) is 0 Å². The van der Waals surface area contributed by atoms with Crippen molar-refractivity contribution >= 4 is 32.9 Å². The molecule has 0 amide bonds. The van der Waals surface area contributed by atoms with Crippen LogP contribution in [0.5, 0.6) is 0 Å². The number of rotatable bonds is 3. The van der Waals surface area contributed by atoms with Crippen LogP contribution >= 0.6 is 0 Å². The fourth-order valence-electron chi connectivity index (χ4n) is 5.90. The van der Waals surface area contributed by atoms with Gasteiger partial charge in [0.1, 0.15) is 0 Å². The zero-order chi connectivity index (χ0) is 23.4. The van der Waals surface area contributed by atoms with E-state index >= 15 is 0 Å². The molecule has 0 aliphatic heterocycles. The Morgan fingerprint density at radius 3 is 2.00 bits per heavy atom. The molecule has 0 fully saturated rings. The van der Waals surface area contributed by atoms with Gasteiger partial charge in [-0.25, -0.2) is 0 Å². The molecular formula is C34H25N. The molecule has 0 aromatic heterocycles. The Labute approximate surface area is 205 Å². The van der Waals surface area contributed by atoms with Crippen LogP contribution in [-0.4, -0.2) is 0 Å². The van der Waals surface area contributed by atoms with Crippen molar-refractivity contribution in [3.63, 3.8) is 0 Å². The smallest absolute Gasteiger partial charge is 0.0436 e. The SMILES string of the molecule is CC1(c2ccccc2)c2ccccc2-c2ccc(Nc3ccc4ccc5ccccc5c4c3)cc21. The molecular weight excluding hydrogens is 422 g/mol. The van der Waals surface area contributed by atoms with Gasteiger partial charge in [-0.1, -0.05) is 103 Å². The largest absolute Gasteiger partial charge is 0.355 e. The number of benzene rings is 6. The van der Waals surface area contributed by atoms with Gasteiger partial charge in [-0.3, -0.25) is 0 Å². The molecule has 0 heterocycles. The average Bonchev–Trinajstić information content (AvgIpc) is 3.18. The van der Waals surface area contributed by atoms with E-state index in [1.165, 1.54) is 49.4 Å². The average molecular weight is 448 g/mol. The van der Waals surface area contributed by atoms with Crippen molar-refractivity contribution in [2.75, 3.05) is 5.32 Å². The summed E-state index contributed by atoms with van der Waals surface area (Å²) >= 11 is 0. The minimum atomic E-state index is -0.190. The summed E-state index contributed by atoms with van der Waals surface area (Å²) in [6.45, 7) is 2.36. The van der Waals surface area contributed by atoms with E-state index in [1.807, 2.05) is 0 Å². The number of nitrogens with one attached hydrogen (secondary N) is 1. The van der Waals surface area contributed by atoms with Crippen molar-refractivity contribution in [1.82, 2.24) is 0 Å². The minimum absolute atomic E-state index is 0.190. The van der Waals surface area contributed by atoms with E-state index in [0.717, 1.165) is 11.4 Å². The number of fused-ring (bicyclic) bond motifs is 6. The van der Waals surface area contributed by atoms with Gasteiger partial charge in [0.15, 0.2) is 0 Å². The van der Waals surface area contributed by atoms with Crippen molar-refractivity contribution in [3.05, 3.63) is 144 Å². The van der Waals surface area contributed by atoms with Crippen molar-refractivity contribution in [2.45, 2.75) is 12.3 Å². The highest BCUT2D eigenvalue weighted by Crippen LogP contribution is 2.52. The Balaban J connectivity index is 1.35. The lowest BCUT2D eigenvalue weighted by atomic mass is 9.74. The first-order valence-corrected chi connectivity index (χ1v) is 12.2. The third-order valence-corrected chi connectivity index (χ3v) is 7.70. The predicted molar refractivity (Wildman–Crippen MR) is 149 cm³/mol. The molecule has 0 radical (unpaired) electrons. The van der Waals surface area contributed by atoms with Crippen LogP contribution in [0.4, 0.5) is 11.4 Å². The molecule has 0 saturated heterocycles. The quantitative estimate of drug-likeness (QED) is 0.267. The maximum atomic E-state index is 3.71. The lowest BCUT2D eigenvalue weighted by Crippen LogP contribution is -2.22. The molecule has 6 aromatic rings. The number of hydrogen-bond acceptors (Lipinski definition) is 1. The van der Waals surface area contributed by atoms with Gasteiger partial charge in [0.25, 0.3) is 0 Å². The summed E-state index contributed by atoms with van der Waals surface area (Å²) in [5, 5.41) is 8.80. The summed E-state index contributed by atoms with van der Waals surface area (Å²) in [6.07, 6.45) is 0. The highest BCUT2D eigenvalue weighted by atomic mass is 14.9. The second-order valence-electron chi connectivity index (χ2n) is 9.64. The van der Waals surface area contributed by atoms with Crippen LogP contribution in [-0.2, 0) is 5.41 Å². The van der Waals surface area contributed by atoms with Gasteiger partial charge in [-0.2, -0.15) is 0 Å². The van der Waals surface area contributed by atoms with Crippen LogP contribution in [0.1, 0.15) is 23.6 Å². The van der Waals surface area contributed by atoms with Gasteiger partial charge in [0.2, 0.25) is 0 Å². The van der Waals surface area contributed by atoms with E-state index < -0.39 is 0 Å². The maximum Gasteiger partial charge on any atom is 0.0436 e. The van der Waals surface area contributed by atoms with E-state index in [4.69, 9.17) is 0 Å². The van der Waals surface area contributed by atoms with Crippen LogP contribution in [0.25, 0.3) is 32.7 Å². The van der Waals surface area contributed by atoms with Crippen molar-refractivity contribution < 1.29 is 0 Å². The summed E-state index contributed by atoms with van der Waals surface area (Å²) in [5.41, 5.74) is 8.71. The molecule has 1 nitrogen and oxygen atoms in total. The molecule has 1 N–H and O–H groups in total. The summed E-state index contributed by atoms with van der Waals surface area (Å²) < 4.78 is 0. The first-order chi connectivity index (χ1) is 17.2. The zero-order valence-electron chi connectivity index (χ0n) is 19.6. The van der Waals surface area contributed by atoms with Gasteiger partial charge >= 0.3 is 0 Å². The van der Waals surface area contributed by atoms with Crippen molar-refractivity contribution in [3.8, 4) is 11.1 Å². The number of hydrogen-bond donors (Lipinski definition) is 1. The van der Waals surface area contributed by atoms with Crippen LogP contribution < -0.4 is 5.32 Å². The second-order valence-corrected chi connectivity index (χ2v) is 9.64. The predicted octanol–water partition coefficient (Wildman–Crippen LogP) is 9.07. The van der Waals surface area contributed by atoms with Crippen molar-refractivity contribution in [1.29, 1.82) is 0 Å². The van der Waals surface area contributed by atoms with Gasteiger partial charge in [-0.15, -0.1) is 0 Å². The Morgan fingerprint density at radius 2 is 1.11 bits per heavy atom. The van der Waals surface area contributed by atoms with E-state index in [2.05, 4.69) is 140 Å². The summed E-state index contributed by atoms with van der Waals surface area (Å²) in [4.78, 5) is 0. The number of anilines is 2. The van der Waals surface area contributed by atoms with Crippen LogP contribution in [0.3, 0.4) is 0 Å². The van der Waals surface area contributed by atoms with E-state index in [9.17, 15) is 0 Å². The van der Waals surface area contributed by atoms with E-state index in [1.54, 1.807) is 0 Å². The standard InChI is InChI=1S/C34H25N/c1-34(25-10-3-2-4-11-25)32-14-8-7-13-29(32)30-20-19-27(22-33(30)34)35-26-18-17-24-16-15-23-9-5-6-12-28(23)31(24)21-26/h2-22,35H,1H3. The van der Waals surface area contributed by atoms with Crippen LogP contribution in [0.15, 0.2) is 127 Å². The Bertz CT molecular complexity index is 1730. The normalized spacial score (nSPS) is 16.3. The third kappa shape index (κ3) is 3.02. The summed E-state index contributed by atoms with van der Waals surface area (Å²) in [6, 6.07) is 46.2. The van der Waals surface area contributed by atoms with Crippen molar-refractivity contribution in [2.24, 2.45) is 0 Å². The molecule has 1 unspecified atom stereocenters. The van der Waals surface area contributed by atoms with Gasteiger partial charge in [0, 0.05) is 16.8 Å². The molecule has 1 heteroatoms. The van der Waals surface area contributed by atoms with E-state index in [0.29, 0.717) is 0 Å². The molecule has 0 saturated carbocycles. The second kappa shape index (κ2) is 7.58. The fraction of sp³-hybridized carbons (Fsp3) is 0.0588. The Kier molecular flexibility index (Phi) is 4.34. The summed E-state index contributed by atoms with van der Waals surface area (Å²) in [5.74, 6) is 0. The summed E-state index contributed by atoms with van der Waals surface area (Å²) in [7, 11) is 0. The van der Waals surface area contributed by atoms with Crippen LogP contribution in [0, 0.1) is 0 Å². The molecule has 35 heavy (non-hydrogen) atoms. The molecule has 166 valence electrons. The molecule has 0 spiro atoms. The highest BCUT2D eigenvalue weighted by molar-refractivity contribution is 6.08. The molecule has 7 rings (SSSR count).